The van der Waals surface area contributed by atoms with Crippen molar-refractivity contribution in [3.8, 4) is 0 Å². The van der Waals surface area contributed by atoms with Gasteiger partial charge in [-0.25, -0.2) is 4.39 Å². The maximum absolute atomic E-state index is 13.4. The number of benzene rings is 1. The molecule has 2 rings (SSSR count). The van der Waals surface area contributed by atoms with Crippen molar-refractivity contribution >= 4 is 23.6 Å². The Labute approximate surface area is 127 Å². The van der Waals surface area contributed by atoms with E-state index >= 15 is 0 Å². The van der Waals surface area contributed by atoms with Crippen LogP contribution in [-0.2, 0) is 9.59 Å². The molecule has 1 aliphatic carbocycles. The topological polar surface area (TPSA) is 66.4 Å². The van der Waals surface area contributed by atoms with Crippen molar-refractivity contribution in [2.24, 2.45) is 5.92 Å². The van der Waals surface area contributed by atoms with Crippen LogP contribution in [0.4, 0.5) is 4.39 Å². The standard InChI is InChI=1S/C15H18FNO3S/c16-12-3-1-2-4-13(12)21-8-7-14(18)17-11-6-5-10(9-11)15(19)20/h1-4,10-11H,5-9H2,(H,17,18)(H,19,20). The molecule has 0 saturated heterocycles. The number of carboxylic acid groups (broad SMARTS) is 1. The molecule has 0 radical (unpaired) electrons. The quantitative estimate of drug-likeness (QED) is 0.793. The van der Waals surface area contributed by atoms with Crippen LogP contribution in [0.1, 0.15) is 25.7 Å². The van der Waals surface area contributed by atoms with Crippen LogP contribution in [0.2, 0.25) is 0 Å². The van der Waals surface area contributed by atoms with E-state index in [0.717, 1.165) is 0 Å². The van der Waals surface area contributed by atoms with Crippen LogP contribution < -0.4 is 5.32 Å². The molecule has 4 nitrogen and oxygen atoms in total. The van der Waals surface area contributed by atoms with Gasteiger partial charge in [0.15, 0.2) is 0 Å². The third-order valence-electron chi connectivity index (χ3n) is 3.57. The number of hydrogen-bond acceptors (Lipinski definition) is 3. The minimum absolute atomic E-state index is 0.0444. The summed E-state index contributed by atoms with van der Waals surface area (Å²) >= 11 is 1.31. The average Bonchev–Trinajstić information content (AvgIpc) is 2.89. The van der Waals surface area contributed by atoms with Crippen LogP contribution in [0.15, 0.2) is 29.2 Å². The number of amides is 1. The number of hydrogen-bond donors (Lipinski definition) is 2. The number of aliphatic carboxylic acids is 1. The van der Waals surface area contributed by atoms with Gasteiger partial charge in [0.05, 0.1) is 5.92 Å². The summed E-state index contributed by atoms with van der Waals surface area (Å²) in [6, 6.07) is 6.43. The van der Waals surface area contributed by atoms with Gasteiger partial charge in [-0.3, -0.25) is 9.59 Å². The monoisotopic (exact) mass is 311 g/mol. The molecule has 114 valence electrons. The van der Waals surface area contributed by atoms with E-state index in [1.807, 2.05) is 0 Å². The summed E-state index contributed by atoms with van der Waals surface area (Å²) in [5, 5.41) is 11.8. The largest absolute Gasteiger partial charge is 0.481 e. The lowest BCUT2D eigenvalue weighted by Crippen LogP contribution is -2.33. The van der Waals surface area contributed by atoms with Crippen LogP contribution in [-0.4, -0.2) is 28.8 Å². The average molecular weight is 311 g/mol. The van der Waals surface area contributed by atoms with Gasteiger partial charge >= 0.3 is 5.97 Å². The predicted octanol–water partition coefficient (Wildman–Crippen LogP) is 2.68. The Morgan fingerprint density at radius 3 is 2.76 bits per heavy atom. The number of carbonyl (C=O) groups is 2. The highest BCUT2D eigenvalue weighted by molar-refractivity contribution is 7.99. The van der Waals surface area contributed by atoms with E-state index in [-0.39, 0.29) is 23.7 Å². The van der Waals surface area contributed by atoms with Gasteiger partial charge in [0, 0.05) is 23.1 Å². The number of thioether (sulfide) groups is 1. The van der Waals surface area contributed by atoms with Crippen molar-refractivity contribution in [3.63, 3.8) is 0 Å². The van der Waals surface area contributed by atoms with Crippen LogP contribution in [0.5, 0.6) is 0 Å². The summed E-state index contributed by atoms with van der Waals surface area (Å²) in [4.78, 5) is 23.2. The zero-order valence-corrected chi connectivity index (χ0v) is 12.4. The molecule has 0 heterocycles. The van der Waals surface area contributed by atoms with Gasteiger partial charge in [0.1, 0.15) is 5.82 Å². The van der Waals surface area contributed by atoms with Gasteiger partial charge in [-0.15, -0.1) is 11.8 Å². The molecule has 21 heavy (non-hydrogen) atoms. The first-order valence-corrected chi connectivity index (χ1v) is 7.94. The van der Waals surface area contributed by atoms with Gasteiger partial charge in [0.25, 0.3) is 0 Å². The van der Waals surface area contributed by atoms with E-state index in [4.69, 9.17) is 5.11 Å². The first-order valence-electron chi connectivity index (χ1n) is 6.95. The van der Waals surface area contributed by atoms with Gasteiger partial charge in [0.2, 0.25) is 5.91 Å². The lowest BCUT2D eigenvalue weighted by atomic mass is 10.1. The highest BCUT2D eigenvalue weighted by atomic mass is 32.2. The fraction of sp³-hybridized carbons (Fsp3) is 0.467. The minimum Gasteiger partial charge on any atom is -0.481 e. The first kappa shape index (κ1) is 15.8. The van der Waals surface area contributed by atoms with Crippen molar-refractivity contribution in [1.82, 2.24) is 5.32 Å². The molecule has 1 fully saturated rings. The van der Waals surface area contributed by atoms with Crippen LogP contribution in [0.3, 0.4) is 0 Å². The van der Waals surface area contributed by atoms with E-state index in [1.165, 1.54) is 17.8 Å². The minimum atomic E-state index is -0.790. The Kier molecular flexibility index (Phi) is 5.61. The third kappa shape index (κ3) is 4.74. The van der Waals surface area contributed by atoms with Crippen LogP contribution in [0.25, 0.3) is 0 Å². The van der Waals surface area contributed by atoms with Gasteiger partial charge < -0.3 is 10.4 Å². The Morgan fingerprint density at radius 1 is 1.33 bits per heavy atom. The zero-order valence-electron chi connectivity index (χ0n) is 11.5. The normalized spacial score (nSPS) is 21.2. The summed E-state index contributed by atoms with van der Waals surface area (Å²) < 4.78 is 13.4. The molecule has 1 aliphatic rings. The molecule has 0 bridgehead atoms. The Morgan fingerprint density at radius 2 is 2.10 bits per heavy atom. The fourth-order valence-corrected chi connectivity index (χ4v) is 3.34. The maximum atomic E-state index is 13.4. The van der Waals surface area contributed by atoms with Gasteiger partial charge in [-0.1, -0.05) is 12.1 Å². The Balaban J connectivity index is 1.69. The summed E-state index contributed by atoms with van der Waals surface area (Å²) in [5.74, 6) is -1.01. The van der Waals surface area contributed by atoms with Crippen molar-refractivity contribution in [2.75, 3.05) is 5.75 Å². The Bertz CT molecular complexity index is 523. The molecule has 6 heteroatoms. The summed E-state index contributed by atoms with van der Waals surface area (Å²) in [6.45, 7) is 0. The van der Waals surface area contributed by atoms with E-state index < -0.39 is 5.97 Å². The van der Waals surface area contributed by atoms with E-state index in [0.29, 0.717) is 36.3 Å². The maximum Gasteiger partial charge on any atom is 0.306 e. The molecule has 1 aromatic rings. The lowest BCUT2D eigenvalue weighted by molar-refractivity contribution is -0.141. The molecule has 2 unspecified atom stereocenters. The van der Waals surface area contributed by atoms with E-state index in [2.05, 4.69) is 5.32 Å². The Hall–Kier alpha value is -1.56. The molecule has 2 N–H and O–H groups in total. The fourth-order valence-electron chi connectivity index (χ4n) is 2.45. The lowest BCUT2D eigenvalue weighted by Gasteiger charge is -2.12. The van der Waals surface area contributed by atoms with Crippen molar-refractivity contribution in [3.05, 3.63) is 30.1 Å². The van der Waals surface area contributed by atoms with E-state index in [1.54, 1.807) is 18.2 Å². The molecule has 0 aliphatic heterocycles. The molecule has 1 amide bonds. The van der Waals surface area contributed by atoms with Gasteiger partial charge in [-0.05, 0) is 31.4 Å². The van der Waals surface area contributed by atoms with Crippen molar-refractivity contribution < 1.29 is 19.1 Å². The van der Waals surface area contributed by atoms with Crippen molar-refractivity contribution in [2.45, 2.75) is 36.6 Å². The number of nitrogens with one attached hydrogen (secondary N) is 1. The zero-order chi connectivity index (χ0) is 15.2. The molecule has 1 aromatic carbocycles. The first-order chi connectivity index (χ1) is 10.1. The summed E-state index contributed by atoms with van der Waals surface area (Å²) in [5.41, 5.74) is 0. The highest BCUT2D eigenvalue weighted by Crippen LogP contribution is 2.26. The molecule has 0 spiro atoms. The highest BCUT2D eigenvalue weighted by Gasteiger charge is 2.30. The number of carboxylic acids is 1. The van der Waals surface area contributed by atoms with E-state index in [9.17, 15) is 14.0 Å². The summed E-state index contributed by atoms with van der Waals surface area (Å²) in [7, 11) is 0. The second-order valence-corrected chi connectivity index (χ2v) is 6.28. The smallest absolute Gasteiger partial charge is 0.306 e. The van der Waals surface area contributed by atoms with Crippen LogP contribution in [0, 0.1) is 11.7 Å². The number of carbonyl (C=O) groups excluding carboxylic acids is 1. The van der Waals surface area contributed by atoms with Crippen LogP contribution >= 0.6 is 11.8 Å². The summed E-state index contributed by atoms with van der Waals surface area (Å²) in [6.07, 6.45) is 2.13. The SMILES string of the molecule is O=C(CCSc1ccccc1F)NC1CCC(C(=O)O)C1. The second-order valence-electron chi connectivity index (χ2n) is 5.14. The molecular weight excluding hydrogens is 293 g/mol. The number of rotatable bonds is 6. The molecule has 0 aromatic heterocycles. The molecular formula is C15H18FNO3S. The number of halogens is 1. The second kappa shape index (κ2) is 7.45. The third-order valence-corrected chi connectivity index (χ3v) is 4.62. The van der Waals surface area contributed by atoms with Gasteiger partial charge in [-0.2, -0.15) is 0 Å². The van der Waals surface area contributed by atoms with Crippen molar-refractivity contribution in [1.29, 1.82) is 0 Å². The molecule has 1 saturated carbocycles. The molecule has 2 atom stereocenters. The predicted molar refractivity (Wildman–Crippen MR) is 78.6 cm³/mol.